The van der Waals surface area contributed by atoms with E-state index in [4.69, 9.17) is 11.6 Å². The summed E-state index contributed by atoms with van der Waals surface area (Å²) < 4.78 is 40.2. The maximum atomic E-state index is 13.3. The van der Waals surface area contributed by atoms with Crippen molar-refractivity contribution in [3.63, 3.8) is 0 Å². The number of hydrogen-bond acceptors (Lipinski definition) is 3. The van der Waals surface area contributed by atoms with Gasteiger partial charge in [0.15, 0.2) is 0 Å². The van der Waals surface area contributed by atoms with Crippen molar-refractivity contribution in [1.82, 2.24) is 14.5 Å². The molecular weight excluding hydrogens is 341 g/mol. The van der Waals surface area contributed by atoms with Crippen molar-refractivity contribution in [3.8, 4) is 0 Å². The first kappa shape index (κ1) is 16.4. The Morgan fingerprint density at radius 1 is 1.43 bits per heavy atom. The first-order valence-corrected chi connectivity index (χ1v) is 9.16. The SMILES string of the molecule is Cc1cn[nH]c1C1CCCN(S(=O)(=O)c2ccc(F)c(Cl)c2)C1. The summed E-state index contributed by atoms with van der Waals surface area (Å²) in [5, 5.41) is 6.78. The second kappa shape index (κ2) is 6.22. The Hall–Kier alpha value is -1.44. The lowest BCUT2D eigenvalue weighted by atomic mass is 9.94. The van der Waals surface area contributed by atoms with Crippen LogP contribution in [0.25, 0.3) is 0 Å². The monoisotopic (exact) mass is 357 g/mol. The fourth-order valence-corrected chi connectivity index (χ4v) is 4.75. The molecule has 3 rings (SSSR count). The summed E-state index contributed by atoms with van der Waals surface area (Å²) in [6.45, 7) is 2.77. The Labute approximate surface area is 139 Å². The Balaban J connectivity index is 1.88. The number of benzene rings is 1. The third-order valence-corrected chi connectivity index (χ3v) is 6.34. The van der Waals surface area contributed by atoms with Crippen molar-refractivity contribution in [2.75, 3.05) is 13.1 Å². The van der Waals surface area contributed by atoms with E-state index < -0.39 is 15.8 Å². The van der Waals surface area contributed by atoms with Crippen molar-refractivity contribution in [2.45, 2.75) is 30.6 Å². The van der Waals surface area contributed by atoms with Gasteiger partial charge in [-0.05, 0) is 43.5 Å². The lowest BCUT2D eigenvalue weighted by Crippen LogP contribution is -2.39. The number of aromatic amines is 1. The third-order valence-electron chi connectivity index (χ3n) is 4.19. The van der Waals surface area contributed by atoms with Gasteiger partial charge in [0.05, 0.1) is 16.1 Å². The highest BCUT2D eigenvalue weighted by Gasteiger charge is 2.32. The molecule has 1 aromatic carbocycles. The Kier molecular flexibility index (Phi) is 4.44. The van der Waals surface area contributed by atoms with Crippen LogP contribution < -0.4 is 0 Å². The largest absolute Gasteiger partial charge is 0.282 e. The molecule has 23 heavy (non-hydrogen) atoms. The van der Waals surface area contributed by atoms with E-state index in [1.807, 2.05) is 6.92 Å². The maximum Gasteiger partial charge on any atom is 0.243 e. The molecule has 0 saturated carbocycles. The number of halogens is 2. The Morgan fingerprint density at radius 3 is 2.87 bits per heavy atom. The maximum absolute atomic E-state index is 13.3. The Morgan fingerprint density at radius 2 is 2.22 bits per heavy atom. The van der Waals surface area contributed by atoms with Gasteiger partial charge in [0, 0.05) is 24.7 Å². The summed E-state index contributed by atoms with van der Waals surface area (Å²) in [4.78, 5) is 0.0193. The van der Waals surface area contributed by atoms with Crippen molar-refractivity contribution in [1.29, 1.82) is 0 Å². The van der Waals surface area contributed by atoms with Crippen LogP contribution in [-0.4, -0.2) is 36.0 Å². The minimum atomic E-state index is -3.69. The topological polar surface area (TPSA) is 66.1 Å². The lowest BCUT2D eigenvalue weighted by molar-refractivity contribution is 0.312. The van der Waals surface area contributed by atoms with Gasteiger partial charge in [-0.1, -0.05) is 11.6 Å². The molecule has 1 fully saturated rings. The van der Waals surface area contributed by atoms with Gasteiger partial charge < -0.3 is 0 Å². The number of nitrogens with zero attached hydrogens (tertiary/aromatic N) is 2. The first-order chi connectivity index (χ1) is 10.9. The van der Waals surface area contributed by atoms with Gasteiger partial charge in [0.1, 0.15) is 5.82 Å². The Bertz CT molecular complexity index is 822. The zero-order valence-electron chi connectivity index (χ0n) is 12.6. The van der Waals surface area contributed by atoms with Crippen LogP contribution in [0.1, 0.15) is 30.0 Å². The predicted molar refractivity (Wildman–Crippen MR) is 85.5 cm³/mol. The summed E-state index contributed by atoms with van der Waals surface area (Å²) in [5.74, 6) is -0.549. The zero-order chi connectivity index (χ0) is 16.6. The van der Waals surface area contributed by atoms with E-state index in [1.54, 1.807) is 6.20 Å². The van der Waals surface area contributed by atoms with Gasteiger partial charge in [-0.25, -0.2) is 12.8 Å². The molecule has 0 amide bonds. The molecule has 0 aliphatic carbocycles. The number of H-pyrrole nitrogens is 1. The fourth-order valence-electron chi connectivity index (χ4n) is 2.95. The molecule has 0 bridgehead atoms. The van der Waals surface area contributed by atoms with Crippen LogP contribution in [-0.2, 0) is 10.0 Å². The van der Waals surface area contributed by atoms with E-state index in [-0.39, 0.29) is 15.8 Å². The molecule has 1 saturated heterocycles. The van der Waals surface area contributed by atoms with E-state index in [0.717, 1.165) is 36.2 Å². The van der Waals surface area contributed by atoms with Crippen molar-refractivity contribution in [2.24, 2.45) is 0 Å². The van der Waals surface area contributed by atoms with Crippen LogP contribution in [0.4, 0.5) is 4.39 Å². The van der Waals surface area contributed by atoms with E-state index in [9.17, 15) is 12.8 Å². The minimum Gasteiger partial charge on any atom is -0.282 e. The number of aryl methyl sites for hydroxylation is 1. The van der Waals surface area contributed by atoms with Gasteiger partial charge in [-0.3, -0.25) is 5.10 Å². The van der Waals surface area contributed by atoms with Gasteiger partial charge in [0.2, 0.25) is 10.0 Å². The van der Waals surface area contributed by atoms with Crippen LogP contribution >= 0.6 is 11.6 Å². The average Bonchev–Trinajstić information content (AvgIpc) is 2.96. The molecule has 1 unspecified atom stereocenters. The second-order valence-electron chi connectivity index (χ2n) is 5.74. The van der Waals surface area contributed by atoms with Gasteiger partial charge >= 0.3 is 0 Å². The van der Waals surface area contributed by atoms with Crippen LogP contribution in [0.15, 0.2) is 29.3 Å². The highest BCUT2D eigenvalue weighted by molar-refractivity contribution is 7.89. The predicted octanol–water partition coefficient (Wildman–Crippen LogP) is 3.08. The molecule has 1 aliphatic rings. The molecular formula is C15H17ClFN3O2S. The smallest absolute Gasteiger partial charge is 0.243 e. The van der Waals surface area contributed by atoms with Crippen molar-refractivity contribution in [3.05, 3.63) is 46.5 Å². The van der Waals surface area contributed by atoms with E-state index in [2.05, 4.69) is 10.2 Å². The highest BCUT2D eigenvalue weighted by atomic mass is 35.5. The molecule has 1 N–H and O–H groups in total. The van der Waals surface area contributed by atoms with Crippen molar-refractivity contribution >= 4 is 21.6 Å². The summed E-state index contributed by atoms with van der Waals surface area (Å²) in [6, 6.07) is 3.49. The minimum absolute atomic E-state index is 0.0193. The van der Waals surface area contributed by atoms with Crippen LogP contribution in [0.3, 0.4) is 0 Å². The average molecular weight is 358 g/mol. The van der Waals surface area contributed by atoms with Gasteiger partial charge in [0.25, 0.3) is 0 Å². The zero-order valence-corrected chi connectivity index (χ0v) is 14.2. The lowest BCUT2D eigenvalue weighted by Gasteiger charge is -2.31. The van der Waals surface area contributed by atoms with Crippen LogP contribution in [0.2, 0.25) is 5.02 Å². The summed E-state index contributed by atoms with van der Waals surface area (Å²) in [5.41, 5.74) is 2.00. The normalized spacial score (nSPS) is 19.9. The number of sulfonamides is 1. The number of rotatable bonds is 3. The molecule has 1 aliphatic heterocycles. The summed E-state index contributed by atoms with van der Waals surface area (Å²) in [6.07, 6.45) is 3.40. The molecule has 2 aromatic rings. The molecule has 1 atom stereocenters. The molecule has 1 aromatic heterocycles. The van der Waals surface area contributed by atoms with Gasteiger partial charge in [-0.15, -0.1) is 0 Å². The van der Waals surface area contributed by atoms with E-state index in [1.165, 1.54) is 10.4 Å². The number of hydrogen-bond donors (Lipinski definition) is 1. The van der Waals surface area contributed by atoms with E-state index in [0.29, 0.717) is 13.1 Å². The molecule has 124 valence electrons. The summed E-state index contributed by atoms with van der Waals surface area (Å²) in [7, 11) is -3.69. The number of piperidine rings is 1. The number of nitrogens with one attached hydrogen (secondary N) is 1. The van der Waals surface area contributed by atoms with Crippen LogP contribution in [0.5, 0.6) is 0 Å². The molecule has 2 heterocycles. The van der Waals surface area contributed by atoms with Gasteiger partial charge in [-0.2, -0.15) is 9.40 Å². The number of aromatic nitrogens is 2. The molecule has 0 radical (unpaired) electrons. The molecule has 8 heteroatoms. The standard InChI is InChI=1S/C15H17ClFN3O2S/c1-10-8-18-19-15(10)11-3-2-6-20(9-11)23(21,22)12-4-5-14(17)13(16)7-12/h4-5,7-8,11H,2-3,6,9H2,1H3,(H,18,19). The van der Waals surface area contributed by atoms with E-state index >= 15 is 0 Å². The third kappa shape index (κ3) is 3.13. The molecule has 5 nitrogen and oxygen atoms in total. The first-order valence-electron chi connectivity index (χ1n) is 7.34. The second-order valence-corrected chi connectivity index (χ2v) is 8.09. The van der Waals surface area contributed by atoms with Crippen molar-refractivity contribution < 1.29 is 12.8 Å². The molecule has 0 spiro atoms. The fraction of sp³-hybridized carbons (Fsp3) is 0.400. The highest BCUT2D eigenvalue weighted by Crippen LogP contribution is 2.31. The quantitative estimate of drug-likeness (QED) is 0.918. The van der Waals surface area contributed by atoms with Crippen LogP contribution in [0, 0.1) is 12.7 Å². The summed E-state index contributed by atoms with van der Waals surface area (Å²) >= 11 is 5.72.